The van der Waals surface area contributed by atoms with Crippen LogP contribution in [0.25, 0.3) is 0 Å². The summed E-state index contributed by atoms with van der Waals surface area (Å²) in [6.45, 7) is 1.25. The zero-order valence-electron chi connectivity index (χ0n) is 8.87. The Morgan fingerprint density at radius 2 is 2.12 bits per heavy atom. The van der Waals surface area contributed by atoms with Gasteiger partial charge < -0.3 is 15.7 Å². The number of hydrogen-bond donors (Lipinski definition) is 3. The Balaban J connectivity index is 2.19. The molecule has 0 radical (unpaired) electrons. The van der Waals surface area contributed by atoms with Crippen LogP contribution in [0.1, 0.15) is 10.4 Å². The summed E-state index contributed by atoms with van der Waals surface area (Å²) in [5.41, 5.74) is 0.275. The Morgan fingerprint density at radius 1 is 1.41 bits per heavy atom. The molecule has 0 saturated carbocycles. The second-order valence-corrected chi connectivity index (χ2v) is 4.28. The first-order valence-electron chi connectivity index (χ1n) is 5.12. The zero-order chi connectivity index (χ0) is 12.4. The van der Waals surface area contributed by atoms with Crippen LogP contribution in [0.3, 0.4) is 0 Å². The molecule has 1 saturated heterocycles. The van der Waals surface area contributed by atoms with Crippen molar-refractivity contribution in [2.75, 3.05) is 18.4 Å². The summed E-state index contributed by atoms with van der Waals surface area (Å²) in [4.78, 5) is 22.7. The SMILES string of the molecule is O=C(O)c1cc(Cl)ccc1NC(=O)C1CNC1. The number of carbonyl (C=O) groups is 2. The highest BCUT2D eigenvalue weighted by molar-refractivity contribution is 6.31. The Kier molecular flexibility index (Phi) is 3.31. The topological polar surface area (TPSA) is 78.4 Å². The van der Waals surface area contributed by atoms with Crippen LogP contribution in [0.2, 0.25) is 5.02 Å². The molecule has 1 amide bonds. The summed E-state index contributed by atoms with van der Waals surface area (Å²) in [6.07, 6.45) is 0. The Labute approximate surface area is 103 Å². The molecule has 0 aromatic heterocycles. The van der Waals surface area contributed by atoms with Gasteiger partial charge >= 0.3 is 5.97 Å². The second kappa shape index (κ2) is 4.73. The van der Waals surface area contributed by atoms with E-state index in [1.54, 1.807) is 6.07 Å². The fraction of sp³-hybridized carbons (Fsp3) is 0.273. The molecule has 2 rings (SSSR count). The number of benzene rings is 1. The summed E-state index contributed by atoms with van der Waals surface area (Å²) in [5.74, 6) is -1.38. The second-order valence-electron chi connectivity index (χ2n) is 3.84. The summed E-state index contributed by atoms with van der Waals surface area (Å²) >= 11 is 5.71. The molecule has 90 valence electrons. The van der Waals surface area contributed by atoms with Gasteiger partial charge in [0.15, 0.2) is 0 Å². The number of anilines is 1. The molecule has 0 atom stereocenters. The fourth-order valence-electron chi connectivity index (χ4n) is 1.51. The molecule has 1 heterocycles. The monoisotopic (exact) mass is 254 g/mol. The molecule has 1 aromatic carbocycles. The van der Waals surface area contributed by atoms with Gasteiger partial charge in [-0.05, 0) is 18.2 Å². The lowest BCUT2D eigenvalue weighted by Crippen LogP contribution is -2.48. The van der Waals surface area contributed by atoms with E-state index in [0.717, 1.165) is 0 Å². The van der Waals surface area contributed by atoms with Gasteiger partial charge in [0.25, 0.3) is 0 Å². The molecule has 1 aromatic rings. The maximum absolute atomic E-state index is 11.7. The number of carboxylic acid groups (broad SMARTS) is 1. The van der Waals surface area contributed by atoms with Crippen molar-refractivity contribution in [3.05, 3.63) is 28.8 Å². The van der Waals surface area contributed by atoms with Crippen LogP contribution in [0.5, 0.6) is 0 Å². The quantitative estimate of drug-likeness (QED) is 0.757. The normalized spacial score (nSPS) is 15.1. The minimum absolute atomic E-state index is 0.00173. The molecule has 0 spiro atoms. The number of rotatable bonds is 3. The zero-order valence-corrected chi connectivity index (χ0v) is 9.62. The van der Waals surface area contributed by atoms with Crippen LogP contribution < -0.4 is 10.6 Å². The number of hydrogen-bond acceptors (Lipinski definition) is 3. The van der Waals surface area contributed by atoms with Crippen molar-refractivity contribution < 1.29 is 14.7 Å². The third-order valence-corrected chi connectivity index (χ3v) is 2.86. The lowest BCUT2D eigenvalue weighted by Gasteiger charge is -2.26. The summed E-state index contributed by atoms with van der Waals surface area (Å²) < 4.78 is 0. The van der Waals surface area contributed by atoms with Crippen molar-refractivity contribution in [3.8, 4) is 0 Å². The molecule has 1 aliphatic heterocycles. The molecule has 1 fully saturated rings. The van der Waals surface area contributed by atoms with Crippen molar-refractivity contribution in [1.29, 1.82) is 0 Å². The lowest BCUT2D eigenvalue weighted by atomic mass is 10.0. The average molecular weight is 255 g/mol. The van der Waals surface area contributed by atoms with Gasteiger partial charge in [-0.15, -0.1) is 0 Å². The minimum atomic E-state index is -1.12. The molecule has 17 heavy (non-hydrogen) atoms. The first-order chi connectivity index (χ1) is 8.08. The van der Waals surface area contributed by atoms with Crippen molar-refractivity contribution in [3.63, 3.8) is 0 Å². The third-order valence-electron chi connectivity index (χ3n) is 2.62. The highest BCUT2D eigenvalue weighted by Crippen LogP contribution is 2.21. The molecule has 1 aliphatic rings. The van der Waals surface area contributed by atoms with Gasteiger partial charge in [-0.25, -0.2) is 4.79 Å². The van der Waals surface area contributed by atoms with Crippen molar-refractivity contribution in [2.45, 2.75) is 0 Å². The fourth-order valence-corrected chi connectivity index (χ4v) is 1.68. The van der Waals surface area contributed by atoms with E-state index in [4.69, 9.17) is 16.7 Å². The Bertz CT molecular complexity index is 472. The Hall–Kier alpha value is -1.59. The third kappa shape index (κ3) is 2.57. The van der Waals surface area contributed by atoms with E-state index in [1.165, 1.54) is 12.1 Å². The molecular weight excluding hydrogens is 244 g/mol. The van der Waals surface area contributed by atoms with E-state index >= 15 is 0 Å². The van der Waals surface area contributed by atoms with Crippen molar-refractivity contribution >= 4 is 29.2 Å². The molecule has 3 N–H and O–H groups in total. The summed E-state index contributed by atoms with van der Waals surface area (Å²) in [5, 5.41) is 14.9. The standard InChI is InChI=1S/C11H11ClN2O3/c12-7-1-2-9(8(3-7)11(16)17)14-10(15)6-4-13-5-6/h1-3,6,13H,4-5H2,(H,14,15)(H,16,17). The summed E-state index contributed by atoms with van der Waals surface area (Å²) in [6, 6.07) is 4.36. The molecule has 0 aliphatic carbocycles. The molecule has 5 nitrogen and oxygen atoms in total. The van der Waals surface area contributed by atoms with Gasteiger partial charge in [0, 0.05) is 18.1 Å². The van der Waals surface area contributed by atoms with Crippen molar-refractivity contribution in [2.24, 2.45) is 5.92 Å². The predicted octanol–water partition coefficient (Wildman–Crippen LogP) is 1.20. The van der Waals surface area contributed by atoms with E-state index in [9.17, 15) is 9.59 Å². The van der Waals surface area contributed by atoms with Crippen LogP contribution in [-0.2, 0) is 4.79 Å². The number of carbonyl (C=O) groups excluding carboxylic acids is 1. The smallest absolute Gasteiger partial charge is 0.337 e. The largest absolute Gasteiger partial charge is 0.478 e. The average Bonchev–Trinajstić information content (AvgIpc) is 2.17. The number of carboxylic acids is 1. The predicted molar refractivity (Wildman–Crippen MR) is 63.4 cm³/mol. The van der Waals surface area contributed by atoms with Crippen LogP contribution >= 0.6 is 11.6 Å². The van der Waals surface area contributed by atoms with Gasteiger partial charge in [0.2, 0.25) is 5.91 Å². The minimum Gasteiger partial charge on any atom is -0.478 e. The summed E-state index contributed by atoms with van der Waals surface area (Å²) in [7, 11) is 0. The van der Waals surface area contributed by atoms with E-state index in [-0.39, 0.29) is 23.1 Å². The van der Waals surface area contributed by atoms with Crippen LogP contribution in [0.15, 0.2) is 18.2 Å². The van der Waals surface area contributed by atoms with E-state index < -0.39 is 5.97 Å². The number of amides is 1. The van der Waals surface area contributed by atoms with Crippen LogP contribution in [-0.4, -0.2) is 30.1 Å². The maximum Gasteiger partial charge on any atom is 0.337 e. The van der Waals surface area contributed by atoms with Gasteiger partial charge in [0.05, 0.1) is 17.2 Å². The number of nitrogens with one attached hydrogen (secondary N) is 2. The lowest BCUT2D eigenvalue weighted by molar-refractivity contribution is -0.121. The number of halogens is 1. The molecular formula is C11H11ClN2O3. The number of aromatic carboxylic acids is 1. The van der Waals surface area contributed by atoms with E-state index in [0.29, 0.717) is 18.1 Å². The van der Waals surface area contributed by atoms with Gasteiger partial charge in [-0.1, -0.05) is 11.6 Å². The van der Waals surface area contributed by atoms with E-state index in [1.807, 2.05) is 0 Å². The van der Waals surface area contributed by atoms with Crippen LogP contribution in [0, 0.1) is 5.92 Å². The van der Waals surface area contributed by atoms with Gasteiger partial charge in [0.1, 0.15) is 0 Å². The first kappa shape index (κ1) is 11.9. The molecule has 6 heteroatoms. The highest BCUT2D eigenvalue weighted by Gasteiger charge is 2.25. The van der Waals surface area contributed by atoms with Gasteiger partial charge in [-0.3, -0.25) is 4.79 Å². The molecule has 0 bridgehead atoms. The first-order valence-corrected chi connectivity index (χ1v) is 5.50. The van der Waals surface area contributed by atoms with Crippen molar-refractivity contribution in [1.82, 2.24) is 5.32 Å². The van der Waals surface area contributed by atoms with Crippen LogP contribution in [0.4, 0.5) is 5.69 Å². The Morgan fingerprint density at radius 3 is 2.65 bits per heavy atom. The van der Waals surface area contributed by atoms with Gasteiger partial charge in [-0.2, -0.15) is 0 Å². The van der Waals surface area contributed by atoms with E-state index in [2.05, 4.69) is 10.6 Å². The highest BCUT2D eigenvalue weighted by atomic mass is 35.5. The molecule has 0 unspecified atom stereocenters. The maximum atomic E-state index is 11.7.